The fourth-order valence-electron chi connectivity index (χ4n) is 0.953. The van der Waals surface area contributed by atoms with E-state index in [2.05, 4.69) is 20.0 Å². The zero-order chi connectivity index (χ0) is 11.8. The highest BCUT2D eigenvalue weighted by Gasteiger charge is 2.02. The summed E-state index contributed by atoms with van der Waals surface area (Å²) < 4.78 is 2.64. The topological polar surface area (TPSA) is 70.2 Å². The number of amides is 2. The molecule has 2 amide bonds. The summed E-state index contributed by atoms with van der Waals surface area (Å²) in [6.45, 7) is 0.785. The van der Waals surface area contributed by atoms with Crippen LogP contribution in [0.25, 0.3) is 0 Å². The average Bonchev–Trinajstić information content (AvgIpc) is 2.35. The lowest BCUT2D eigenvalue weighted by Gasteiger charge is -2.16. The van der Waals surface area contributed by atoms with Crippen LogP contribution in [0, 0.1) is 0 Å². The predicted octanol–water partition coefficient (Wildman–Crippen LogP) is 0.490. The smallest absolute Gasteiger partial charge is 0.324 e. The molecule has 0 aliphatic heterocycles. The molecule has 0 bridgehead atoms. The van der Waals surface area contributed by atoms with Gasteiger partial charge in [0.1, 0.15) is 5.82 Å². The maximum atomic E-state index is 10.8. The van der Waals surface area contributed by atoms with Crippen LogP contribution in [0.1, 0.15) is 0 Å². The van der Waals surface area contributed by atoms with E-state index in [0.29, 0.717) is 0 Å². The number of aromatic nitrogens is 2. The molecule has 0 aliphatic rings. The van der Waals surface area contributed by atoms with Gasteiger partial charge in [0.2, 0.25) is 0 Å². The quantitative estimate of drug-likeness (QED) is 0.580. The lowest BCUT2D eigenvalue weighted by molar-refractivity contribution is 0.248. The van der Waals surface area contributed by atoms with Crippen LogP contribution in [0.4, 0.5) is 10.6 Å². The molecule has 0 atom stereocenters. The second kappa shape index (κ2) is 6.89. The first kappa shape index (κ1) is 12.6. The third-order valence-electron chi connectivity index (χ3n) is 1.86. The zero-order valence-electron chi connectivity index (χ0n) is 9.30. The van der Waals surface area contributed by atoms with Gasteiger partial charge < -0.3 is 10.2 Å². The van der Waals surface area contributed by atoms with Gasteiger partial charge in [0.15, 0.2) is 0 Å². The first-order valence-electron chi connectivity index (χ1n) is 4.80. The van der Waals surface area contributed by atoms with Crippen molar-refractivity contribution >= 4 is 23.8 Å². The lowest BCUT2D eigenvalue weighted by atomic mass is 10.5. The number of urea groups is 1. The minimum absolute atomic E-state index is 0.188. The average molecular weight is 241 g/mol. The van der Waals surface area contributed by atoms with Gasteiger partial charge in [-0.2, -0.15) is 0 Å². The molecule has 0 fully saturated rings. The van der Waals surface area contributed by atoms with Crippen LogP contribution in [0.2, 0.25) is 0 Å². The Kier molecular flexibility index (Phi) is 5.41. The number of nitrogens with zero attached hydrogens (tertiary/aromatic N) is 3. The first-order valence-corrected chi connectivity index (χ1v) is 5.79. The summed E-state index contributed by atoms with van der Waals surface area (Å²) in [6, 6.07) is -0.188. The minimum Gasteiger partial charge on any atom is -0.358 e. The van der Waals surface area contributed by atoms with Crippen LogP contribution >= 0.6 is 11.9 Å². The van der Waals surface area contributed by atoms with Gasteiger partial charge >= 0.3 is 6.03 Å². The molecule has 1 rings (SSSR count). The molecule has 0 radical (unpaired) electrons. The largest absolute Gasteiger partial charge is 0.358 e. The number of carbonyl (C=O) groups excluding carboxylic acids is 1. The Labute approximate surface area is 99.0 Å². The van der Waals surface area contributed by atoms with Crippen LogP contribution in [-0.4, -0.2) is 42.4 Å². The number of rotatable bonds is 5. The van der Waals surface area contributed by atoms with Crippen molar-refractivity contribution in [3.63, 3.8) is 0 Å². The van der Waals surface area contributed by atoms with Gasteiger partial charge in [-0.1, -0.05) is 0 Å². The Hall–Kier alpha value is -1.50. The number of nitrogens with one attached hydrogen (secondary N) is 2. The van der Waals surface area contributed by atoms with Crippen molar-refractivity contribution in [2.75, 3.05) is 31.3 Å². The number of hydrogen-bond donors (Lipinski definition) is 2. The van der Waals surface area contributed by atoms with Crippen LogP contribution in [0.5, 0.6) is 0 Å². The Balaban J connectivity index is 2.21. The molecule has 0 aliphatic carbocycles. The van der Waals surface area contributed by atoms with Gasteiger partial charge in [-0.15, -0.1) is 0 Å². The van der Waals surface area contributed by atoms with E-state index in [9.17, 15) is 4.79 Å². The maximum absolute atomic E-state index is 10.8. The van der Waals surface area contributed by atoms with Gasteiger partial charge in [0.05, 0.1) is 6.20 Å². The van der Waals surface area contributed by atoms with Crippen LogP contribution < -0.4 is 14.9 Å². The number of hydrogen-bond acceptors (Lipinski definition) is 5. The molecule has 2 N–H and O–H groups in total. The van der Waals surface area contributed by atoms with Crippen molar-refractivity contribution < 1.29 is 4.79 Å². The fraction of sp³-hybridized carbons (Fsp3) is 0.444. The third kappa shape index (κ3) is 4.35. The number of anilines is 1. The standard InChI is InChI=1S/C9H15N5OS/c1-10-9(15)13-16-6-5-14(2)8-7-11-3-4-12-8/h3-4,7H,5-6H2,1-2H3,(H2,10,13,15). The van der Waals surface area contributed by atoms with Gasteiger partial charge in [0, 0.05) is 38.8 Å². The van der Waals surface area contributed by atoms with Crippen LogP contribution in [0.3, 0.4) is 0 Å². The minimum atomic E-state index is -0.188. The van der Waals surface area contributed by atoms with E-state index >= 15 is 0 Å². The molecule has 88 valence electrons. The molecule has 16 heavy (non-hydrogen) atoms. The Morgan fingerprint density at radius 2 is 2.38 bits per heavy atom. The van der Waals surface area contributed by atoms with Gasteiger partial charge in [0.25, 0.3) is 0 Å². The summed E-state index contributed by atoms with van der Waals surface area (Å²) in [6.07, 6.45) is 5.00. The number of carbonyl (C=O) groups is 1. The van der Waals surface area contributed by atoms with Crippen molar-refractivity contribution in [2.45, 2.75) is 0 Å². The van der Waals surface area contributed by atoms with E-state index in [-0.39, 0.29) is 6.03 Å². The Morgan fingerprint density at radius 3 is 3.00 bits per heavy atom. The summed E-state index contributed by atoms with van der Waals surface area (Å²) in [5.74, 6) is 1.60. The highest BCUT2D eigenvalue weighted by atomic mass is 32.2. The molecule has 0 spiro atoms. The van der Waals surface area contributed by atoms with Crippen molar-refractivity contribution in [3.05, 3.63) is 18.6 Å². The third-order valence-corrected chi connectivity index (χ3v) is 2.58. The van der Waals surface area contributed by atoms with E-state index in [1.165, 1.54) is 11.9 Å². The predicted molar refractivity (Wildman–Crippen MR) is 65.4 cm³/mol. The highest BCUT2D eigenvalue weighted by Crippen LogP contribution is 2.05. The summed E-state index contributed by atoms with van der Waals surface area (Å²) in [5, 5.41) is 2.48. The van der Waals surface area contributed by atoms with E-state index in [0.717, 1.165) is 18.1 Å². The van der Waals surface area contributed by atoms with Gasteiger partial charge in [-0.05, 0) is 11.9 Å². The van der Waals surface area contributed by atoms with Crippen molar-refractivity contribution in [1.82, 2.24) is 20.0 Å². The molecule has 0 unspecified atom stereocenters. The molecule has 7 heteroatoms. The molecule has 0 saturated heterocycles. The molecule has 6 nitrogen and oxygen atoms in total. The molecule has 0 aromatic carbocycles. The molecule has 1 aromatic rings. The molecular formula is C9H15N5OS. The van der Waals surface area contributed by atoms with Crippen LogP contribution in [0.15, 0.2) is 18.6 Å². The normalized spacial score (nSPS) is 9.62. The highest BCUT2D eigenvalue weighted by molar-refractivity contribution is 7.97. The summed E-state index contributed by atoms with van der Waals surface area (Å²) in [4.78, 5) is 21.0. The first-order chi connectivity index (χ1) is 7.74. The lowest BCUT2D eigenvalue weighted by Crippen LogP contribution is -2.29. The van der Waals surface area contributed by atoms with Gasteiger partial charge in [-0.25, -0.2) is 9.78 Å². The maximum Gasteiger partial charge on any atom is 0.324 e. The van der Waals surface area contributed by atoms with Crippen LogP contribution in [-0.2, 0) is 0 Å². The van der Waals surface area contributed by atoms with E-state index < -0.39 is 0 Å². The van der Waals surface area contributed by atoms with Crippen molar-refractivity contribution in [2.24, 2.45) is 0 Å². The summed E-state index contributed by atoms with van der Waals surface area (Å²) >= 11 is 1.36. The molecular weight excluding hydrogens is 226 g/mol. The summed E-state index contributed by atoms with van der Waals surface area (Å²) in [5.41, 5.74) is 0. The molecule has 0 saturated carbocycles. The van der Waals surface area contributed by atoms with Crippen molar-refractivity contribution in [3.8, 4) is 0 Å². The van der Waals surface area contributed by atoms with Crippen molar-refractivity contribution in [1.29, 1.82) is 0 Å². The Morgan fingerprint density at radius 1 is 1.56 bits per heavy atom. The monoisotopic (exact) mass is 241 g/mol. The van der Waals surface area contributed by atoms with E-state index in [1.807, 2.05) is 11.9 Å². The zero-order valence-corrected chi connectivity index (χ0v) is 10.1. The van der Waals surface area contributed by atoms with E-state index in [4.69, 9.17) is 0 Å². The molecule has 1 heterocycles. The second-order valence-electron chi connectivity index (χ2n) is 3.01. The summed E-state index contributed by atoms with van der Waals surface area (Å²) in [7, 11) is 3.52. The fourth-order valence-corrected chi connectivity index (χ4v) is 1.65. The molecule has 1 aromatic heterocycles. The van der Waals surface area contributed by atoms with E-state index in [1.54, 1.807) is 25.6 Å². The SMILES string of the molecule is CNC(=O)NSCCN(C)c1cnccn1. The second-order valence-corrected chi connectivity index (χ2v) is 3.92. The van der Waals surface area contributed by atoms with Gasteiger partial charge in [-0.3, -0.25) is 9.71 Å². The Bertz CT molecular complexity index is 321.